The van der Waals surface area contributed by atoms with Crippen LogP contribution in [0.1, 0.15) is 44.3 Å². The summed E-state index contributed by atoms with van der Waals surface area (Å²) in [5, 5.41) is 2.86. The van der Waals surface area contributed by atoms with E-state index in [-0.39, 0.29) is 24.3 Å². The lowest BCUT2D eigenvalue weighted by Crippen LogP contribution is -2.51. The molecule has 1 aromatic heterocycles. The van der Waals surface area contributed by atoms with Gasteiger partial charge in [-0.1, -0.05) is 19.3 Å². The molecular formula is C17H24N4O4. The lowest BCUT2D eigenvalue weighted by molar-refractivity contribution is -0.129. The standard InChI is InChI=1S/C17H24N4O4/c22-15-9-12(10-21(15)11-14-7-4-8-25-14)16(23)19-20-17(24)18-13-5-2-1-3-6-13/h4,7-8,12-13H,1-3,5-6,9-11H2,(H,19,23)(H2,18,20,24). The van der Waals surface area contributed by atoms with Crippen LogP contribution in [0.2, 0.25) is 0 Å². The molecule has 0 spiro atoms. The van der Waals surface area contributed by atoms with E-state index in [9.17, 15) is 14.4 Å². The van der Waals surface area contributed by atoms with Crippen LogP contribution in [0.4, 0.5) is 4.79 Å². The Morgan fingerprint density at radius 1 is 1.20 bits per heavy atom. The lowest BCUT2D eigenvalue weighted by atomic mass is 9.96. The largest absolute Gasteiger partial charge is 0.467 e. The number of amides is 4. The highest BCUT2D eigenvalue weighted by Gasteiger charge is 2.34. The molecule has 0 radical (unpaired) electrons. The zero-order valence-electron chi connectivity index (χ0n) is 14.1. The Bertz CT molecular complexity index is 610. The highest BCUT2D eigenvalue weighted by atomic mass is 16.3. The topological polar surface area (TPSA) is 104 Å². The third-order valence-electron chi connectivity index (χ3n) is 4.75. The fraction of sp³-hybridized carbons (Fsp3) is 0.588. The summed E-state index contributed by atoms with van der Waals surface area (Å²) in [4.78, 5) is 37.6. The van der Waals surface area contributed by atoms with Crippen LogP contribution in [0, 0.1) is 5.92 Å². The molecule has 1 saturated heterocycles. The van der Waals surface area contributed by atoms with Crippen LogP contribution in [-0.4, -0.2) is 35.3 Å². The zero-order chi connectivity index (χ0) is 17.6. The smallest absolute Gasteiger partial charge is 0.333 e. The minimum Gasteiger partial charge on any atom is -0.467 e. The van der Waals surface area contributed by atoms with Gasteiger partial charge in [0.1, 0.15) is 5.76 Å². The van der Waals surface area contributed by atoms with Gasteiger partial charge in [0, 0.05) is 19.0 Å². The minimum atomic E-state index is -0.475. The van der Waals surface area contributed by atoms with Gasteiger partial charge >= 0.3 is 6.03 Å². The van der Waals surface area contributed by atoms with Gasteiger partial charge in [-0.2, -0.15) is 0 Å². The molecule has 8 heteroatoms. The minimum absolute atomic E-state index is 0.0943. The van der Waals surface area contributed by atoms with Crippen LogP contribution in [0.3, 0.4) is 0 Å². The first-order chi connectivity index (χ1) is 12.1. The maximum Gasteiger partial charge on any atom is 0.333 e. The van der Waals surface area contributed by atoms with Crippen molar-refractivity contribution < 1.29 is 18.8 Å². The molecule has 1 aliphatic heterocycles. The van der Waals surface area contributed by atoms with E-state index in [1.54, 1.807) is 23.3 Å². The first-order valence-corrected chi connectivity index (χ1v) is 8.78. The molecule has 2 aliphatic rings. The van der Waals surface area contributed by atoms with Crippen molar-refractivity contribution in [3.8, 4) is 0 Å². The normalized spacial score (nSPS) is 21.2. The molecule has 4 amide bonds. The van der Waals surface area contributed by atoms with Crippen LogP contribution >= 0.6 is 0 Å². The maximum absolute atomic E-state index is 12.2. The molecule has 25 heavy (non-hydrogen) atoms. The summed E-state index contributed by atoms with van der Waals surface area (Å²) in [6.07, 6.45) is 7.08. The van der Waals surface area contributed by atoms with Crippen molar-refractivity contribution >= 4 is 17.8 Å². The second-order valence-corrected chi connectivity index (χ2v) is 6.68. The van der Waals surface area contributed by atoms with Crippen molar-refractivity contribution in [3.63, 3.8) is 0 Å². The third-order valence-corrected chi connectivity index (χ3v) is 4.75. The molecule has 3 rings (SSSR count). The van der Waals surface area contributed by atoms with Crippen molar-refractivity contribution in [3.05, 3.63) is 24.2 Å². The van der Waals surface area contributed by atoms with Crippen LogP contribution in [-0.2, 0) is 16.1 Å². The molecular weight excluding hydrogens is 324 g/mol. The third kappa shape index (κ3) is 4.74. The van der Waals surface area contributed by atoms with Crippen molar-refractivity contribution in [1.29, 1.82) is 0 Å². The van der Waals surface area contributed by atoms with Crippen molar-refractivity contribution in [2.75, 3.05) is 6.54 Å². The predicted molar refractivity (Wildman–Crippen MR) is 88.9 cm³/mol. The number of hydrogen-bond donors (Lipinski definition) is 3. The molecule has 3 N–H and O–H groups in total. The van der Waals surface area contributed by atoms with Gasteiger partial charge in [-0.25, -0.2) is 10.2 Å². The van der Waals surface area contributed by atoms with E-state index in [1.165, 1.54) is 6.42 Å². The Balaban J connectivity index is 1.40. The fourth-order valence-corrected chi connectivity index (χ4v) is 3.38. The fourth-order valence-electron chi connectivity index (χ4n) is 3.38. The van der Waals surface area contributed by atoms with E-state index >= 15 is 0 Å². The average Bonchev–Trinajstić information content (AvgIpc) is 3.24. The molecule has 8 nitrogen and oxygen atoms in total. The van der Waals surface area contributed by atoms with Crippen LogP contribution in [0.25, 0.3) is 0 Å². The Labute approximate surface area is 146 Å². The first-order valence-electron chi connectivity index (χ1n) is 8.78. The van der Waals surface area contributed by atoms with Crippen LogP contribution < -0.4 is 16.2 Å². The summed E-state index contributed by atoms with van der Waals surface area (Å²) in [5.41, 5.74) is 4.79. The first kappa shape index (κ1) is 17.3. The monoisotopic (exact) mass is 348 g/mol. The quantitative estimate of drug-likeness (QED) is 0.713. The molecule has 136 valence electrons. The van der Waals surface area contributed by atoms with Gasteiger partial charge in [0.15, 0.2) is 0 Å². The van der Waals surface area contributed by atoms with E-state index in [0.29, 0.717) is 18.8 Å². The summed E-state index contributed by atoms with van der Waals surface area (Å²) < 4.78 is 5.23. The summed E-state index contributed by atoms with van der Waals surface area (Å²) >= 11 is 0. The Hall–Kier alpha value is -2.51. The van der Waals surface area contributed by atoms with Gasteiger partial charge in [0.25, 0.3) is 0 Å². The van der Waals surface area contributed by atoms with Gasteiger partial charge in [-0.15, -0.1) is 0 Å². The van der Waals surface area contributed by atoms with Gasteiger partial charge in [0.2, 0.25) is 11.8 Å². The molecule has 1 atom stereocenters. The summed E-state index contributed by atoms with van der Waals surface area (Å²) in [6.45, 7) is 0.669. The number of nitrogens with zero attached hydrogens (tertiary/aromatic N) is 1. The van der Waals surface area contributed by atoms with Crippen LogP contribution in [0.5, 0.6) is 0 Å². The molecule has 1 saturated carbocycles. The lowest BCUT2D eigenvalue weighted by Gasteiger charge is -2.23. The number of hydrazine groups is 1. The van der Waals surface area contributed by atoms with Crippen molar-refractivity contribution in [2.24, 2.45) is 5.92 Å². The van der Waals surface area contributed by atoms with Gasteiger partial charge in [0.05, 0.1) is 18.7 Å². The molecule has 1 aliphatic carbocycles. The van der Waals surface area contributed by atoms with E-state index in [1.807, 2.05) is 0 Å². The molecule has 1 unspecified atom stereocenters. The SMILES string of the molecule is O=C(NNC(=O)C1CC(=O)N(Cc2ccco2)C1)NC1CCCCC1. The Kier molecular flexibility index (Phi) is 5.57. The number of urea groups is 1. The molecule has 2 heterocycles. The van der Waals surface area contributed by atoms with Crippen LogP contribution in [0.15, 0.2) is 22.8 Å². The Morgan fingerprint density at radius 3 is 2.72 bits per heavy atom. The second kappa shape index (κ2) is 8.04. The molecule has 0 aromatic carbocycles. The molecule has 0 bridgehead atoms. The number of likely N-dealkylation sites (tertiary alicyclic amines) is 1. The summed E-state index contributed by atoms with van der Waals surface area (Å²) in [5.74, 6) is -0.242. The highest BCUT2D eigenvalue weighted by Crippen LogP contribution is 2.20. The van der Waals surface area contributed by atoms with E-state index in [0.717, 1.165) is 25.7 Å². The van der Waals surface area contributed by atoms with E-state index in [2.05, 4.69) is 16.2 Å². The predicted octanol–water partition coefficient (Wildman–Crippen LogP) is 1.29. The molecule has 2 fully saturated rings. The van der Waals surface area contributed by atoms with Crippen molar-refractivity contribution in [1.82, 2.24) is 21.1 Å². The number of rotatable bonds is 4. The zero-order valence-corrected chi connectivity index (χ0v) is 14.1. The highest BCUT2D eigenvalue weighted by molar-refractivity contribution is 5.90. The van der Waals surface area contributed by atoms with E-state index < -0.39 is 11.9 Å². The summed E-state index contributed by atoms with van der Waals surface area (Å²) in [7, 11) is 0. The number of carbonyl (C=O) groups excluding carboxylic acids is 3. The van der Waals surface area contributed by atoms with Crippen molar-refractivity contribution in [2.45, 2.75) is 51.1 Å². The maximum atomic E-state index is 12.2. The number of nitrogens with one attached hydrogen (secondary N) is 3. The second-order valence-electron chi connectivity index (χ2n) is 6.68. The Morgan fingerprint density at radius 2 is 2.00 bits per heavy atom. The van der Waals surface area contributed by atoms with Gasteiger partial charge in [-0.3, -0.25) is 15.0 Å². The van der Waals surface area contributed by atoms with Gasteiger partial charge in [-0.05, 0) is 25.0 Å². The number of hydrogen-bond acceptors (Lipinski definition) is 4. The average molecular weight is 348 g/mol. The molecule has 1 aromatic rings. The number of furan rings is 1. The number of carbonyl (C=O) groups is 3. The van der Waals surface area contributed by atoms with Gasteiger partial charge < -0.3 is 14.6 Å². The summed E-state index contributed by atoms with van der Waals surface area (Å²) in [6, 6.07) is 3.31. The van der Waals surface area contributed by atoms with E-state index in [4.69, 9.17) is 4.42 Å².